The SMILES string of the molecule is CCCCCCCCCCCC[C@H](O)[C@@H]1CC[C@@H]([C@@H](O)CCCCCCCC(=O)CC[C@@H]2C[C@@H](CC(C)=O)C(=O)O2)O1. The van der Waals surface area contributed by atoms with Gasteiger partial charge in [0.05, 0.1) is 30.3 Å². The average molecular weight is 595 g/mol. The molecule has 2 aliphatic heterocycles. The summed E-state index contributed by atoms with van der Waals surface area (Å²) in [6, 6.07) is 0. The van der Waals surface area contributed by atoms with Gasteiger partial charge in [0.15, 0.2) is 0 Å². The summed E-state index contributed by atoms with van der Waals surface area (Å²) in [5.74, 6) is -0.439. The van der Waals surface area contributed by atoms with Gasteiger partial charge in [-0.2, -0.15) is 0 Å². The summed E-state index contributed by atoms with van der Waals surface area (Å²) >= 11 is 0. The number of hydrogen-bond donors (Lipinski definition) is 2. The molecule has 42 heavy (non-hydrogen) atoms. The lowest BCUT2D eigenvalue weighted by molar-refractivity contribution is -0.145. The minimum atomic E-state index is -0.471. The summed E-state index contributed by atoms with van der Waals surface area (Å²) in [6.45, 7) is 3.74. The summed E-state index contributed by atoms with van der Waals surface area (Å²) in [5.41, 5.74) is 0. The molecule has 2 fully saturated rings. The van der Waals surface area contributed by atoms with Crippen LogP contribution in [0.2, 0.25) is 0 Å². The van der Waals surface area contributed by atoms with Gasteiger partial charge in [0.2, 0.25) is 0 Å². The molecule has 2 heterocycles. The molecule has 2 rings (SSSR count). The van der Waals surface area contributed by atoms with Crippen LogP contribution in [0.5, 0.6) is 0 Å². The normalized spacial score (nSPS) is 23.7. The number of rotatable bonds is 26. The first kappa shape index (κ1) is 36.9. The lowest BCUT2D eigenvalue weighted by Crippen LogP contribution is -2.31. The van der Waals surface area contributed by atoms with E-state index in [1.165, 1.54) is 64.7 Å². The van der Waals surface area contributed by atoms with Gasteiger partial charge in [-0.3, -0.25) is 9.59 Å². The van der Waals surface area contributed by atoms with E-state index in [0.717, 1.165) is 64.2 Å². The number of aliphatic hydroxyl groups excluding tert-OH is 2. The maximum absolute atomic E-state index is 12.2. The highest BCUT2D eigenvalue weighted by Crippen LogP contribution is 2.29. The number of hydrogen-bond acceptors (Lipinski definition) is 7. The van der Waals surface area contributed by atoms with Gasteiger partial charge in [0, 0.05) is 19.3 Å². The zero-order valence-corrected chi connectivity index (χ0v) is 26.9. The minimum Gasteiger partial charge on any atom is -0.462 e. The van der Waals surface area contributed by atoms with Crippen LogP contribution in [0.25, 0.3) is 0 Å². The lowest BCUT2D eigenvalue weighted by Gasteiger charge is -2.22. The number of carbonyl (C=O) groups excluding carboxylic acids is 3. The van der Waals surface area contributed by atoms with Crippen LogP contribution in [-0.2, 0) is 23.9 Å². The van der Waals surface area contributed by atoms with Crippen LogP contribution in [0.15, 0.2) is 0 Å². The third-order valence-corrected chi connectivity index (χ3v) is 9.20. The Hall–Kier alpha value is -1.31. The van der Waals surface area contributed by atoms with Crippen molar-refractivity contribution in [3.63, 3.8) is 0 Å². The molecule has 0 aromatic rings. The zero-order chi connectivity index (χ0) is 30.6. The number of ether oxygens (including phenoxy) is 2. The third kappa shape index (κ3) is 16.0. The van der Waals surface area contributed by atoms with E-state index in [9.17, 15) is 24.6 Å². The van der Waals surface area contributed by atoms with Crippen LogP contribution in [-0.4, -0.2) is 58.3 Å². The van der Waals surface area contributed by atoms with Crippen molar-refractivity contribution in [3.05, 3.63) is 0 Å². The molecule has 0 aromatic carbocycles. The molecule has 0 aromatic heterocycles. The quantitative estimate of drug-likeness (QED) is 0.0785. The van der Waals surface area contributed by atoms with Crippen molar-refractivity contribution in [2.45, 2.75) is 198 Å². The van der Waals surface area contributed by atoms with Gasteiger partial charge in [0.25, 0.3) is 0 Å². The molecule has 0 aliphatic carbocycles. The van der Waals surface area contributed by atoms with E-state index in [1.54, 1.807) is 0 Å². The van der Waals surface area contributed by atoms with Gasteiger partial charge in [0.1, 0.15) is 17.7 Å². The van der Waals surface area contributed by atoms with Crippen LogP contribution in [0.1, 0.15) is 168 Å². The fraction of sp³-hybridized carbons (Fsp3) is 0.914. The Bertz CT molecular complexity index is 754. The highest BCUT2D eigenvalue weighted by atomic mass is 16.6. The number of carbonyl (C=O) groups is 3. The Balaban J connectivity index is 1.41. The molecule has 0 unspecified atom stereocenters. The number of esters is 1. The van der Waals surface area contributed by atoms with Crippen molar-refractivity contribution in [1.82, 2.24) is 0 Å². The molecular weight excluding hydrogens is 532 g/mol. The topological polar surface area (TPSA) is 110 Å². The van der Waals surface area contributed by atoms with Crippen LogP contribution < -0.4 is 0 Å². The van der Waals surface area contributed by atoms with Gasteiger partial charge in [-0.15, -0.1) is 0 Å². The van der Waals surface area contributed by atoms with Gasteiger partial charge in [-0.1, -0.05) is 96.8 Å². The largest absolute Gasteiger partial charge is 0.462 e. The van der Waals surface area contributed by atoms with Crippen molar-refractivity contribution < 1.29 is 34.1 Å². The fourth-order valence-electron chi connectivity index (χ4n) is 6.53. The Morgan fingerprint density at radius 3 is 1.79 bits per heavy atom. The molecule has 244 valence electrons. The van der Waals surface area contributed by atoms with Gasteiger partial charge in [-0.25, -0.2) is 0 Å². The van der Waals surface area contributed by atoms with Crippen LogP contribution in [0.3, 0.4) is 0 Å². The second-order valence-electron chi connectivity index (χ2n) is 13.2. The second-order valence-corrected chi connectivity index (χ2v) is 13.2. The molecular formula is C35H62O7. The molecule has 2 saturated heterocycles. The summed E-state index contributed by atoms with van der Waals surface area (Å²) in [7, 11) is 0. The predicted molar refractivity (Wildman–Crippen MR) is 166 cm³/mol. The van der Waals surface area contributed by atoms with Crippen LogP contribution in [0, 0.1) is 5.92 Å². The van der Waals surface area contributed by atoms with Gasteiger partial charge >= 0.3 is 5.97 Å². The Kier molecular flexibility index (Phi) is 19.5. The van der Waals surface area contributed by atoms with Crippen LogP contribution in [0.4, 0.5) is 0 Å². The molecule has 7 nitrogen and oxygen atoms in total. The molecule has 0 saturated carbocycles. The number of Topliss-reactive ketones (excluding diaryl/α,β-unsaturated/α-hetero) is 2. The summed E-state index contributed by atoms with van der Waals surface area (Å²) < 4.78 is 11.4. The van der Waals surface area contributed by atoms with Gasteiger partial charge in [-0.05, 0) is 51.9 Å². The van der Waals surface area contributed by atoms with Gasteiger partial charge < -0.3 is 24.5 Å². The summed E-state index contributed by atoms with van der Waals surface area (Å²) in [5, 5.41) is 21.2. The lowest BCUT2D eigenvalue weighted by atomic mass is 9.96. The highest BCUT2D eigenvalue weighted by Gasteiger charge is 2.35. The number of unbranched alkanes of at least 4 members (excludes halogenated alkanes) is 13. The van der Waals surface area contributed by atoms with E-state index in [4.69, 9.17) is 9.47 Å². The van der Waals surface area contributed by atoms with Crippen molar-refractivity contribution in [2.75, 3.05) is 0 Å². The monoisotopic (exact) mass is 594 g/mol. The van der Waals surface area contributed by atoms with E-state index in [-0.39, 0.29) is 48.2 Å². The predicted octanol–water partition coefficient (Wildman–Crippen LogP) is 7.56. The van der Waals surface area contributed by atoms with Crippen LogP contribution >= 0.6 is 0 Å². The van der Waals surface area contributed by atoms with E-state index >= 15 is 0 Å². The maximum atomic E-state index is 12.2. The first-order valence-corrected chi connectivity index (χ1v) is 17.5. The second kappa shape index (κ2) is 22.2. The third-order valence-electron chi connectivity index (χ3n) is 9.20. The number of aliphatic hydroxyl groups is 2. The van der Waals surface area contributed by atoms with E-state index in [0.29, 0.717) is 25.7 Å². The Morgan fingerprint density at radius 1 is 0.762 bits per heavy atom. The first-order valence-electron chi connectivity index (χ1n) is 17.5. The van der Waals surface area contributed by atoms with Crippen molar-refractivity contribution in [2.24, 2.45) is 5.92 Å². The molecule has 2 N–H and O–H groups in total. The minimum absolute atomic E-state index is 0.00597. The highest BCUT2D eigenvalue weighted by molar-refractivity contribution is 5.84. The van der Waals surface area contributed by atoms with E-state index in [2.05, 4.69) is 6.92 Å². The fourth-order valence-corrected chi connectivity index (χ4v) is 6.53. The zero-order valence-electron chi connectivity index (χ0n) is 26.9. The maximum Gasteiger partial charge on any atom is 0.309 e. The molecule has 7 heteroatoms. The van der Waals surface area contributed by atoms with E-state index in [1.807, 2.05) is 0 Å². The Morgan fingerprint density at radius 2 is 1.26 bits per heavy atom. The smallest absolute Gasteiger partial charge is 0.309 e. The molecule has 0 amide bonds. The summed E-state index contributed by atoms with van der Waals surface area (Å²) in [4.78, 5) is 35.3. The average Bonchev–Trinajstić information content (AvgIpc) is 3.59. The Labute approximate surface area is 255 Å². The number of cyclic esters (lactones) is 1. The van der Waals surface area contributed by atoms with Crippen molar-refractivity contribution >= 4 is 17.5 Å². The standard InChI is InChI=1S/C35H62O7/c1-3-4-5-6-7-8-9-10-13-16-19-31(38)33-23-24-34(42-33)32(39)20-17-14-11-12-15-18-29(37)21-22-30-26-28(25-27(2)36)35(40)41-30/h28,30-34,38-39H,3-26H2,1-2H3/t28-,30-,31+,32+,33+,34+/m1/s1. The van der Waals surface area contributed by atoms with Crippen molar-refractivity contribution in [1.29, 1.82) is 0 Å². The molecule has 6 atom stereocenters. The summed E-state index contributed by atoms with van der Waals surface area (Å²) in [6.07, 6.45) is 21.8. The first-order chi connectivity index (χ1) is 20.3. The van der Waals surface area contributed by atoms with Crippen molar-refractivity contribution in [3.8, 4) is 0 Å². The van der Waals surface area contributed by atoms with E-state index < -0.39 is 12.2 Å². The number of ketones is 2. The molecule has 2 aliphatic rings. The molecule has 0 spiro atoms. The molecule has 0 radical (unpaired) electrons. The molecule has 0 bridgehead atoms.